The molecule has 1 aromatic heterocycles. The predicted molar refractivity (Wildman–Crippen MR) is 154 cm³/mol. The summed E-state index contributed by atoms with van der Waals surface area (Å²) in [7, 11) is 0. The third kappa shape index (κ3) is 10.3. The van der Waals surface area contributed by atoms with Gasteiger partial charge >= 0.3 is 6.09 Å². The van der Waals surface area contributed by atoms with Crippen LogP contribution >= 0.6 is 0 Å². The molecule has 1 aliphatic rings. The van der Waals surface area contributed by atoms with Gasteiger partial charge in [0.05, 0.1) is 12.6 Å². The highest BCUT2D eigenvalue weighted by molar-refractivity contribution is 5.98. The normalized spacial score (nSPS) is 18.5. The number of epoxide rings is 1. The highest BCUT2D eigenvalue weighted by Gasteiger charge is 2.50. The van der Waals surface area contributed by atoms with Crippen LogP contribution in [0.5, 0.6) is 0 Å². The average molecular weight is 567 g/mol. The molecule has 1 aromatic carbocycles. The molecular formula is C31H42N4O6. The summed E-state index contributed by atoms with van der Waals surface area (Å²) in [5.74, 6) is -1.14. The van der Waals surface area contributed by atoms with E-state index in [9.17, 15) is 19.2 Å². The first-order valence-corrected chi connectivity index (χ1v) is 14.0. The fraction of sp³-hybridized carbons (Fsp3) is 0.516. The summed E-state index contributed by atoms with van der Waals surface area (Å²) < 4.78 is 10.7. The molecule has 1 saturated heterocycles. The number of rotatable bonds is 13. The zero-order valence-electron chi connectivity index (χ0n) is 24.7. The Morgan fingerprint density at radius 3 is 2.02 bits per heavy atom. The van der Waals surface area contributed by atoms with Gasteiger partial charge in [-0.2, -0.15) is 0 Å². The Kier molecular flexibility index (Phi) is 10.6. The Balaban J connectivity index is 1.84. The number of alkyl carbamates (subject to hydrolysis) is 1. The van der Waals surface area contributed by atoms with Crippen molar-refractivity contribution in [2.75, 3.05) is 6.61 Å². The molecule has 222 valence electrons. The molecule has 1 unspecified atom stereocenters. The van der Waals surface area contributed by atoms with Crippen LogP contribution in [-0.2, 0) is 36.7 Å². The zero-order chi connectivity index (χ0) is 30.2. The number of ketones is 1. The number of Topliss-reactive ketones (excluding diaryl/α,β-unsaturated/α-hetero) is 1. The van der Waals surface area contributed by atoms with E-state index in [2.05, 4.69) is 20.9 Å². The molecule has 3 rings (SSSR count). The average Bonchev–Trinajstić information content (AvgIpc) is 3.65. The maximum atomic E-state index is 13.7. The van der Waals surface area contributed by atoms with E-state index in [0.717, 1.165) is 5.56 Å². The van der Waals surface area contributed by atoms with Crippen molar-refractivity contribution in [1.82, 2.24) is 20.9 Å². The maximum absolute atomic E-state index is 13.7. The highest BCUT2D eigenvalue weighted by Crippen LogP contribution is 2.29. The second-order valence-corrected chi connectivity index (χ2v) is 12.0. The second kappa shape index (κ2) is 13.7. The molecule has 0 bridgehead atoms. The van der Waals surface area contributed by atoms with Crippen LogP contribution in [-0.4, -0.2) is 64.6 Å². The van der Waals surface area contributed by atoms with Crippen LogP contribution in [0.3, 0.4) is 0 Å². The Bertz CT molecular complexity index is 1190. The quantitative estimate of drug-likeness (QED) is 0.317. The third-order valence-corrected chi connectivity index (χ3v) is 6.50. The molecule has 41 heavy (non-hydrogen) atoms. The van der Waals surface area contributed by atoms with Gasteiger partial charge in [0.2, 0.25) is 11.8 Å². The SMILES string of the molecule is CC(C)C[C@H](NC(=O)[C@H](Cc1ccccc1)NC(=O)C(Cc1ccccn1)NC(=O)OC(C)(C)C)C(=O)[C@@]1(C)CO1. The highest BCUT2D eigenvalue weighted by atomic mass is 16.6. The zero-order valence-corrected chi connectivity index (χ0v) is 24.7. The molecule has 4 atom stereocenters. The minimum Gasteiger partial charge on any atom is -0.444 e. The number of amides is 3. The van der Waals surface area contributed by atoms with Crippen LogP contribution in [0.15, 0.2) is 54.7 Å². The smallest absolute Gasteiger partial charge is 0.408 e. The molecule has 2 heterocycles. The van der Waals surface area contributed by atoms with Crippen molar-refractivity contribution >= 4 is 23.7 Å². The van der Waals surface area contributed by atoms with Crippen molar-refractivity contribution in [3.8, 4) is 0 Å². The standard InChI is InChI=1S/C31H42N4O6/c1-20(2)16-23(26(36)31(6)19-40-31)33-27(37)24(17-21-12-8-7-9-13-21)34-28(38)25(18-22-14-10-11-15-32-22)35-29(39)41-30(3,4)5/h7-15,20,23-25H,16-19H2,1-6H3,(H,33,37)(H,34,38)(H,35,39)/t23-,24-,25?,31+/m0/s1. The van der Waals surface area contributed by atoms with Crippen molar-refractivity contribution in [1.29, 1.82) is 0 Å². The first kappa shape index (κ1) is 31.7. The number of carbonyl (C=O) groups is 4. The Morgan fingerprint density at radius 1 is 0.902 bits per heavy atom. The van der Waals surface area contributed by atoms with Gasteiger partial charge in [-0.25, -0.2) is 4.79 Å². The van der Waals surface area contributed by atoms with Crippen molar-refractivity contribution in [3.05, 3.63) is 66.0 Å². The monoisotopic (exact) mass is 566 g/mol. The summed E-state index contributed by atoms with van der Waals surface area (Å²) in [6, 6.07) is 11.7. The Labute approximate surface area is 242 Å². The first-order chi connectivity index (χ1) is 19.3. The van der Waals surface area contributed by atoms with E-state index < -0.39 is 47.2 Å². The molecule has 3 amide bonds. The number of benzene rings is 1. The van der Waals surface area contributed by atoms with E-state index >= 15 is 0 Å². The lowest BCUT2D eigenvalue weighted by Gasteiger charge is -2.27. The van der Waals surface area contributed by atoms with E-state index in [-0.39, 0.29) is 24.5 Å². The summed E-state index contributed by atoms with van der Waals surface area (Å²) in [6.45, 7) is 11.1. The van der Waals surface area contributed by atoms with Crippen molar-refractivity contribution in [2.24, 2.45) is 5.92 Å². The van der Waals surface area contributed by atoms with E-state index in [4.69, 9.17) is 9.47 Å². The van der Waals surface area contributed by atoms with E-state index in [1.165, 1.54) is 0 Å². The fourth-order valence-corrected chi connectivity index (χ4v) is 4.31. The number of carbonyl (C=O) groups excluding carboxylic acids is 4. The second-order valence-electron chi connectivity index (χ2n) is 12.0. The molecule has 10 heteroatoms. The van der Waals surface area contributed by atoms with Crippen molar-refractivity contribution < 1.29 is 28.7 Å². The number of ether oxygens (including phenoxy) is 2. The largest absolute Gasteiger partial charge is 0.444 e. The van der Waals surface area contributed by atoms with E-state index in [1.54, 1.807) is 52.1 Å². The molecule has 3 N–H and O–H groups in total. The molecule has 1 aliphatic heterocycles. The first-order valence-electron chi connectivity index (χ1n) is 14.0. The Morgan fingerprint density at radius 2 is 1.49 bits per heavy atom. The fourth-order valence-electron chi connectivity index (χ4n) is 4.31. The molecule has 1 fully saturated rings. The molecular weight excluding hydrogens is 524 g/mol. The number of pyridine rings is 1. The summed E-state index contributed by atoms with van der Waals surface area (Å²) in [5.41, 5.74) is -0.284. The Hall–Kier alpha value is -3.79. The summed E-state index contributed by atoms with van der Waals surface area (Å²) >= 11 is 0. The maximum Gasteiger partial charge on any atom is 0.408 e. The van der Waals surface area contributed by atoms with Crippen molar-refractivity contribution in [3.63, 3.8) is 0 Å². The van der Waals surface area contributed by atoms with Crippen LogP contribution in [0.2, 0.25) is 0 Å². The van der Waals surface area contributed by atoms with E-state index in [0.29, 0.717) is 18.7 Å². The third-order valence-electron chi connectivity index (χ3n) is 6.50. The molecule has 10 nitrogen and oxygen atoms in total. The van der Waals surface area contributed by atoms with Gasteiger partial charge < -0.3 is 25.4 Å². The van der Waals surface area contributed by atoms with Gasteiger partial charge in [0.25, 0.3) is 0 Å². The minimum atomic E-state index is -1.07. The van der Waals surface area contributed by atoms with Crippen LogP contribution in [0, 0.1) is 5.92 Å². The summed E-state index contributed by atoms with van der Waals surface area (Å²) in [4.78, 5) is 57.4. The van der Waals surface area contributed by atoms with Crippen LogP contribution < -0.4 is 16.0 Å². The number of nitrogens with one attached hydrogen (secondary N) is 3. The topological polar surface area (TPSA) is 139 Å². The van der Waals surface area contributed by atoms with Crippen molar-refractivity contribution in [2.45, 2.75) is 90.1 Å². The molecule has 0 saturated carbocycles. The number of hydrogen-bond donors (Lipinski definition) is 3. The van der Waals surface area contributed by atoms with Gasteiger partial charge in [-0.15, -0.1) is 0 Å². The van der Waals surface area contributed by atoms with Gasteiger partial charge in [0.15, 0.2) is 5.78 Å². The summed E-state index contributed by atoms with van der Waals surface area (Å²) in [5, 5.41) is 8.32. The molecule has 0 radical (unpaired) electrons. The van der Waals surface area contributed by atoms with Gasteiger partial charge in [0, 0.05) is 24.7 Å². The van der Waals surface area contributed by atoms with Gasteiger partial charge in [-0.05, 0) is 57.7 Å². The predicted octanol–water partition coefficient (Wildman–Crippen LogP) is 3.13. The number of aromatic nitrogens is 1. The van der Waals surface area contributed by atoms with Crippen LogP contribution in [0.4, 0.5) is 4.79 Å². The minimum absolute atomic E-state index is 0.0791. The van der Waals surface area contributed by atoms with Gasteiger partial charge in [0.1, 0.15) is 23.3 Å². The number of hydrogen-bond acceptors (Lipinski definition) is 7. The lowest BCUT2D eigenvalue weighted by molar-refractivity contribution is -0.133. The molecule has 2 aromatic rings. The van der Waals surface area contributed by atoms with E-state index in [1.807, 2.05) is 44.2 Å². The lowest BCUT2D eigenvalue weighted by atomic mass is 9.93. The van der Waals surface area contributed by atoms with Crippen LogP contribution in [0.25, 0.3) is 0 Å². The lowest BCUT2D eigenvalue weighted by Crippen LogP contribution is -2.58. The molecule has 0 spiro atoms. The van der Waals surface area contributed by atoms with Gasteiger partial charge in [-0.3, -0.25) is 19.4 Å². The summed E-state index contributed by atoms with van der Waals surface area (Å²) in [6.07, 6.45) is 1.52. The number of nitrogens with zero attached hydrogens (tertiary/aromatic N) is 1. The molecule has 0 aliphatic carbocycles. The van der Waals surface area contributed by atoms with Gasteiger partial charge in [-0.1, -0.05) is 50.2 Å². The van der Waals surface area contributed by atoms with Crippen LogP contribution in [0.1, 0.15) is 59.2 Å².